The smallest absolute Gasteiger partial charge is 0.163 e. The molecule has 1 N–H and O–H groups in total. The first-order chi connectivity index (χ1) is 9.24. The van der Waals surface area contributed by atoms with E-state index in [9.17, 15) is 0 Å². The second-order valence-corrected chi connectivity index (χ2v) is 5.73. The van der Waals surface area contributed by atoms with Crippen molar-refractivity contribution in [3.63, 3.8) is 0 Å². The zero-order valence-electron chi connectivity index (χ0n) is 11.6. The zero-order chi connectivity index (χ0) is 13.2. The second kappa shape index (κ2) is 5.15. The number of aromatic nitrogens is 4. The van der Waals surface area contributed by atoms with E-state index >= 15 is 0 Å². The van der Waals surface area contributed by atoms with Crippen LogP contribution in [0, 0.1) is 11.8 Å². The van der Waals surface area contributed by atoms with Gasteiger partial charge in [-0.25, -0.2) is 9.97 Å². The molecule has 0 saturated heterocycles. The van der Waals surface area contributed by atoms with Crippen LogP contribution in [0.4, 0.5) is 5.82 Å². The first-order valence-electron chi connectivity index (χ1n) is 7.10. The molecule has 5 nitrogen and oxygen atoms in total. The van der Waals surface area contributed by atoms with Crippen LogP contribution in [-0.4, -0.2) is 26.3 Å². The zero-order valence-corrected chi connectivity index (χ0v) is 11.6. The average Bonchev–Trinajstić information content (AvgIpc) is 2.81. The van der Waals surface area contributed by atoms with Gasteiger partial charge in [0.25, 0.3) is 0 Å². The van der Waals surface area contributed by atoms with Crippen molar-refractivity contribution in [3.8, 4) is 0 Å². The fourth-order valence-electron chi connectivity index (χ4n) is 2.88. The highest BCUT2D eigenvalue weighted by Gasteiger charge is 2.18. The molecule has 0 spiro atoms. The summed E-state index contributed by atoms with van der Waals surface area (Å²) in [4.78, 5) is 8.60. The van der Waals surface area contributed by atoms with Crippen molar-refractivity contribution in [2.24, 2.45) is 18.9 Å². The van der Waals surface area contributed by atoms with Crippen LogP contribution in [0.15, 0.2) is 12.5 Å². The first kappa shape index (κ1) is 12.4. The van der Waals surface area contributed by atoms with Gasteiger partial charge in [0.1, 0.15) is 12.1 Å². The Kier molecular flexibility index (Phi) is 3.36. The van der Waals surface area contributed by atoms with Crippen molar-refractivity contribution in [1.29, 1.82) is 0 Å². The van der Waals surface area contributed by atoms with Crippen molar-refractivity contribution in [2.75, 3.05) is 11.9 Å². The van der Waals surface area contributed by atoms with Crippen LogP contribution in [0.3, 0.4) is 0 Å². The fourth-order valence-corrected chi connectivity index (χ4v) is 2.88. The average molecular weight is 259 g/mol. The summed E-state index contributed by atoms with van der Waals surface area (Å²) in [6, 6.07) is 0. The lowest BCUT2D eigenvalue weighted by molar-refractivity contribution is 0.300. The van der Waals surface area contributed by atoms with Crippen LogP contribution >= 0.6 is 0 Å². The van der Waals surface area contributed by atoms with E-state index in [1.165, 1.54) is 25.7 Å². The molecule has 0 amide bonds. The lowest BCUT2D eigenvalue weighted by Crippen LogP contribution is -2.20. The van der Waals surface area contributed by atoms with Gasteiger partial charge in [0, 0.05) is 13.6 Å². The van der Waals surface area contributed by atoms with E-state index in [1.54, 1.807) is 11.0 Å². The van der Waals surface area contributed by atoms with Gasteiger partial charge in [0.05, 0.1) is 11.6 Å². The molecule has 102 valence electrons. The number of aryl methyl sites for hydroxylation is 1. The maximum atomic E-state index is 4.34. The maximum Gasteiger partial charge on any atom is 0.163 e. The molecular formula is C14H21N5. The lowest BCUT2D eigenvalue weighted by atomic mass is 9.83. The normalized spacial score (nSPS) is 23.7. The van der Waals surface area contributed by atoms with E-state index in [-0.39, 0.29) is 0 Å². The molecule has 1 fully saturated rings. The molecule has 1 saturated carbocycles. The summed E-state index contributed by atoms with van der Waals surface area (Å²) in [6.45, 7) is 3.36. The van der Waals surface area contributed by atoms with E-state index in [0.29, 0.717) is 0 Å². The summed E-state index contributed by atoms with van der Waals surface area (Å²) in [7, 11) is 1.90. The van der Waals surface area contributed by atoms with Crippen LogP contribution in [0.5, 0.6) is 0 Å². The Labute approximate surface area is 113 Å². The molecule has 2 heterocycles. The number of nitrogens with zero attached hydrogens (tertiary/aromatic N) is 4. The van der Waals surface area contributed by atoms with Crippen LogP contribution in [0.2, 0.25) is 0 Å². The molecule has 5 heteroatoms. The Bertz CT molecular complexity index is 554. The van der Waals surface area contributed by atoms with Crippen LogP contribution in [0.1, 0.15) is 32.6 Å². The summed E-state index contributed by atoms with van der Waals surface area (Å²) in [5, 5.41) is 8.72. The van der Waals surface area contributed by atoms with Gasteiger partial charge >= 0.3 is 0 Å². The molecule has 1 aliphatic rings. The van der Waals surface area contributed by atoms with Gasteiger partial charge in [-0.05, 0) is 24.7 Å². The first-order valence-corrected chi connectivity index (χ1v) is 7.10. The van der Waals surface area contributed by atoms with Gasteiger partial charge in [-0.15, -0.1) is 0 Å². The summed E-state index contributed by atoms with van der Waals surface area (Å²) < 4.78 is 1.78. The van der Waals surface area contributed by atoms with Crippen molar-refractivity contribution >= 4 is 16.9 Å². The van der Waals surface area contributed by atoms with E-state index in [4.69, 9.17) is 0 Å². The van der Waals surface area contributed by atoms with Crippen molar-refractivity contribution in [3.05, 3.63) is 12.5 Å². The third kappa shape index (κ3) is 2.55. The van der Waals surface area contributed by atoms with Gasteiger partial charge in [0.2, 0.25) is 0 Å². The molecule has 0 aliphatic heterocycles. The highest BCUT2D eigenvalue weighted by Crippen LogP contribution is 2.28. The van der Waals surface area contributed by atoms with Gasteiger partial charge in [-0.1, -0.05) is 19.8 Å². The van der Waals surface area contributed by atoms with E-state index in [1.807, 2.05) is 13.2 Å². The van der Waals surface area contributed by atoms with Crippen molar-refractivity contribution in [1.82, 2.24) is 19.7 Å². The Morgan fingerprint density at radius 1 is 1.26 bits per heavy atom. The van der Waals surface area contributed by atoms with Crippen LogP contribution < -0.4 is 5.32 Å². The lowest BCUT2D eigenvalue weighted by Gasteiger charge is -2.26. The Balaban J connectivity index is 1.68. The second-order valence-electron chi connectivity index (χ2n) is 5.73. The Hall–Kier alpha value is -1.65. The molecule has 0 atom stereocenters. The van der Waals surface area contributed by atoms with E-state index in [2.05, 4.69) is 27.3 Å². The van der Waals surface area contributed by atoms with Gasteiger partial charge in [-0.2, -0.15) is 5.10 Å². The maximum absolute atomic E-state index is 4.34. The number of hydrogen-bond donors (Lipinski definition) is 1. The molecule has 2 aromatic heterocycles. The molecule has 0 radical (unpaired) electrons. The highest BCUT2D eigenvalue weighted by molar-refractivity contribution is 5.85. The number of hydrogen-bond acceptors (Lipinski definition) is 4. The Morgan fingerprint density at radius 2 is 2.05 bits per heavy atom. The van der Waals surface area contributed by atoms with Crippen LogP contribution in [0.25, 0.3) is 11.0 Å². The van der Waals surface area contributed by atoms with E-state index in [0.717, 1.165) is 35.2 Å². The minimum atomic E-state index is 0.776. The summed E-state index contributed by atoms with van der Waals surface area (Å²) in [6.07, 6.45) is 8.82. The standard InChI is InChI=1S/C14H21N5/c1-10-3-5-11(6-4-10)7-15-13-12-8-18-19(2)14(12)17-9-16-13/h8-11H,3-7H2,1-2H3,(H,15,16,17). The number of nitrogens with one attached hydrogen (secondary N) is 1. The molecule has 19 heavy (non-hydrogen) atoms. The molecule has 1 aliphatic carbocycles. The third-order valence-corrected chi connectivity index (χ3v) is 4.22. The van der Waals surface area contributed by atoms with Crippen LogP contribution in [-0.2, 0) is 7.05 Å². The predicted octanol–water partition coefficient (Wildman–Crippen LogP) is 2.60. The quantitative estimate of drug-likeness (QED) is 0.920. The highest BCUT2D eigenvalue weighted by atomic mass is 15.3. The third-order valence-electron chi connectivity index (χ3n) is 4.22. The number of fused-ring (bicyclic) bond motifs is 1. The van der Waals surface area contributed by atoms with E-state index < -0.39 is 0 Å². The van der Waals surface area contributed by atoms with Gasteiger partial charge in [-0.3, -0.25) is 4.68 Å². The number of anilines is 1. The summed E-state index contributed by atoms with van der Waals surface area (Å²) >= 11 is 0. The SMILES string of the molecule is CC1CCC(CNc2ncnc3c2cnn3C)CC1. The molecule has 3 rings (SSSR count). The predicted molar refractivity (Wildman–Crippen MR) is 75.9 cm³/mol. The van der Waals surface area contributed by atoms with Crippen molar-refractivity contribution in [2.45, 2.75) is 32.6 Å². The summed E-state index contributed by atoms with van der Waals surface area (Å²) in [5.74, 6) is 2.59. The molecule has 0 bridgehead atoms. The largest absolute Gasteiger partial charge is 0.369 e. The monoisotopic (exact) mass is 259 g/mol. The van der Waals surface area contributed by atoms with Crippen molar-refractivity contribution < 1.29 is 0 Å². The molecular weight excluding hydrogens is 238 g/mol. The van der Waals surface area contributed by atoms with Gasteiger partial charge in [0.15, 0.2) is 5.65 Å². The molecule has 0 aromatic carbocycles. The topological polar surface area (TPSA) is 55.6 Å². The molecule has 2 aromatic rings. The minimum Gasteiger partial charge on any atom is -0.369 e. The molecule has 0 unspecified atom stereocenters. The summed E-state index contributed by atoms with van der Waals surface area (Å²) in [5.41, 5.74) is 0.884. The fraction of sp³-hybridized carbons (Fsp3) is 0.643. The Morgan fingerprint density at radius 3 is 2.84 bits per heavy atom. The minimum absolute atomic E-state index is 0.776. The van der Waals surface area contributed by atoms with Gasteiger partial charge < -0.3 is 5.32 Å². The number of rotatable bonds is 3.